The lowest BCUT2D eigenvalue weighted by Gasteiger charge is -1.93. The van der Waals surface area contributed by atoms with Crippen LogP contribution in [0.4, 0.5) is 0 Å². The molecule has 0 aromatic heterocycles. The first kappa shape index (κ1) is 5.48. The van der Waals surface area contributed by atoms with Crippen LogP contribution in [0.2, 0.25) is 0 Å². The molecule has 0 unspecified atom stereocenters. The van der Waals surface area contributed by atoms with Crippen molar-refractivity contribution >= 4 is 0 Å². The third-order valence-corrected chi connectivity index (χ3v) is 1.13. The van der Waals surface area contributed by atoms with Crippen molar-refractivity contribution in [1.82, 2.24) is 0 Å². The number of rotatable bonds is 0. The van der Waals surface area contributed by atoms with Crippen molar-refractivity contribution < 1.29 is 0 Å². The first-order valence-electron chi connectivity index (χ1n) is 3.02. The summed E-state index contributed by atoms with van der Waals surface area (Å²) < 4.78 is 0. The van der Waals surface area contributed by atoms with Crippen LogP contribution >= 0.6 is 0 Å². The highest BCUT2D eigenvalue weighted by Crippen LogP contribution is 2.00. The Morgan fingerprint density at radius 3 is 3.25 bits per heavy atom. The van der Waals surface area contributed by atoms with Crippen LogP contribution in [0, 0.1) is 0 Å². The number of hydrogen-bond donors (Lipinski definition) is 0. The molecule has 0 radical (unpaired) electrons. The third kappa shape index (κ3) is 1.87. The first-order chi connectivity index (χ1) is 4.00. The van der Waals surface area contributed by atoms with E-state index in [1.807, 2.05) is 0 Å². The summed E-state index contributed by atoms with van der Waals surface area (Å²) in [6, 6.07) is 0. The molecule has 8 heavy (non-hydrogen) atoms. The summed E-state index contributed by atoms with van der Waals surface area (Å²) in [4.78, 5) is 0. The van der Waals surface area contributed by atoms with Gasteiger partial charge in [0.15, 0.2) is 0 Å². The minimum absolute atomic E-state index is 0.907. The average Bonchev–Trinajstić information content (AvgIpc) is 1.62. The van der Waals surface area contributed by atoms with E-state index in [0.29, 0.717) is 0 Å². The van der Waals surface area contributed by atoms with Crippen LogP contribution in [-0.2, 0) is 0 Å². The van der Waals surface area contributed by atoms with Crippen molar-refractivity contribution in [2.24, 2.45) is 10.2 Å². The van der Waals surface area contributed by atoms with Gasteiger partial charge in [-0.05, 0) is 19.3 Å². The zero-order valence-corrected chi connectivity index (χ0v) is 4.88. The van der Waals surface area contributed by atoms with Crippen molar-refractivity contribution in [3.8, 4) is 0 Å². The standard InChI is InChI=1S/C6H10N2/c1-2-4-6-8-7-5-3-1/h3,5H,1-2,4,6H2/b5-3-,8-7?. The van der Waals surface area contributed by atoms with Crippen molar-refractivity contribution in [2.75, 3.05) is 6.54 Å². The van der Waals surface area contributed by atoms with Gasteiger partial charge < -0.3 is 0 Å². The maximum atomic E-state index is 3.87. The summed E-state index contributed by atoms with van der Waals surface area (Å²) in [5.41, 5.74) is 0. The summed E-state index contributed by atoms with van der Waals surface area (Å²) >= 11 is 0. The van der Waals surface area contributed by atoms with Gasteiger partial charge in [-0.15, -0.1) is 0 Å². The van der Waals surface area contributed by atoms with Crippen LogP contribution in [0.1, 0.15) is 19.3 Å². The molecule has 2 heteroatoms. The molecule has 1 rings (SSSR count). The van der Waals surface area contributed by atoms with Gasteiger partial charge in [0.05, 0.1) is 6.54 Å². The maximum Gasteiger partial charge on any atom is 0.0603 e. The van der Waals surface area contributed by atoms with Gasteiger partial charge in [-0.3, -0.25) is 0 Å². The molecular weight excluding hydrogens is 100 g/mol. The van der Waals surface area contributed by atoms with Gasteiger partial charge in [-0.25, -0.2) is 0 Å². The van der Waals surface area contributed by atoms with E-state index < -0.39 is 0 Å². The predicted octanol–water partition coefficient (Wildman–Crippen LogP) is 2.14. The lowest BCUT2D eigenvalue weighted by Crippen LogP contribution is -1.80. The second-order valence-corrected chi connectivity index (χ2v) is 1.86. The van der Waals surface area contributed by atoms with Crippen molar-refractivity contribution in [1.29, 1.82) is 0 Å². The highest BCUT2D eigenvalue weighted by atomic mass is 15.1. The molecule has 0 fully saturated rings. The molecule has 0 saturated heterocycles. The second-order valence-electron chi connectivity index (χ2n) is 1.86. The van der Waals surface area contributed by atoms with E-state index in [1.54, 1.807) is 6.20 Å². The first-order valence-corrected chi connectivity index (χ1v) is 3.02. The normalized spacial score (nSPS) is 24.0. The SMILES string of the molecule is C1=C\N=NCCCC/1. The van der Waals surface area contributed by atoms with E-state index in [2.05, 4.69) is 16.3 Å². The van der Waals surface area contributed by atoms with Gasteiger partial charge >= 0.3 is 0 Å². The number of azo groups is 1. The van der Waals surface area contributed by atoms with Crippen LogP contribution < -0.4 is 0 Å². The molecule has 1 heterocycles. The quantitative estimate of drug-likeness (QED) is 0.456. The minimum Gasteiger partial charge on any atom is -0.189 e. The van der Waals surface area contributed by atoms with Crippen molar-refractivity contribution in [2.45, 2.75) is 19.3 Å². The molecule has 0 aliphatic carbocycles. The molecule has 0 spiro atoms. The van der Waals surface area contributed by atoms with Crippen LogP contribution in [0.5, 0.6) is 0 Å². The van der Waals surface area contributed by atoms with E-state index in [-0.39, 0.29) is 0 Å². The van der Waals surface area contributed by atoms with Crippen LogP contribution in [0.15, 0.2) is 22.5 Å². The van der Waals surface area contributed by atoms with Gasteiger partial charge in [0, 0.05) is 6.20 Å². The summed E-state index contributed by atoms with van der Waals surface area (Å²) in [5.74, 6) is 0. The Balaban J connectivity index is 2.33. The fourth-order valence-corrected chi connectivity index (χ4v) is 0.671. The molecule has 44 valence electrons. The largest absolute Gasteiger partial charge is 0.189 e. The van der Waals surface area contributed by atoms with E-state index >= 15 is 0 Å². The maximum absolute atomic E-state index is 3.87. The number of allylic oxidation sites excluding steroid dienone is 1. The summed E-state index contributed by atoms with van der Waals surface area (Å²) in [5, 5.41) is 7.64. The van der Waals surface area contributed by atoms with Crippen molar-refractivity contribution in [3.05, 3.63) is 12.3 Å². The van der Waals surface area contributed by atoms with Gasteiger partial charge in [0.25, 0.3) is 0 Å². The molecular formula is C6H10N2. The molecule has 0 bridgehead atoms. The van der Waals surface area contributed by atoms with E-state index in [1.165, 1.54) is 19.3 Å². The Hall–Kier alpha value is -0.660. The van der Waals surface area contributed by atoms with Crippen molar-refractivity contribution in [3.63, 3.8) is 0 Å². The number of hydrogen-bond acceptors (Lipinski definition) is 2. The Labute approximate surface area is 49.3 Å². The van der Waals surface area contributed by atoms with Gasteiger partial charge in [-0.2, -0.15) is 10.2 Å². The van der Waals surface area contributed by atoms with E-state index in [9.17, 15) is 0 Å². The molecule has 2 nitrogen and oxygen atoms in total. The zero-order chi connectivity index (χ0) is 5.66. The molecule has 1 aliphatic rings. The second kappa shape index (κ2) is 3.36. The molecule has 0 N–H and O–H groups in total. The number of nitrogens with zero attached hydrogens (tertiary/aromatic N) is 2. The van der Waals surface area contributed by atoms with E-state index in [0.717, 1.165) is 6.54 Å². The molecule has 0 atom stereocenters. The zero-order valence-electron chi connectivity index (χ0n) is 4.88. The van der Waals surface area contributed by atoms with Gasteiger partial charge in [0.1, 0.15) is 0 Å². The Morgan fingerprint density at radius 1 is 1.25 bits per heavy atom. The van der Waals surface area contributed by atoms with Gasteiger partial charge in [-0.1, -0.05) is 6.08 Å². The fraction of sp³-hybridized carbons (Fsp3) is 0.667. The smallest absolute Gasteiger partial charge is 0.0603 e. The molecule has 0 amide bonds. The fourth-order valence-electron chi connectivity index (χ4n) is 0.671. The molecule has 1 aliphatic heterocycles. The van der Waals surface area contributed by atoms with Gasteiger partial charge in [0.2, 0.25) is 0 Å². The summed E-state index contributed by atoms with van der Waals surface area (Å²) in [7, 11) is 0. The summed E-state index contributed by atoms with van der Waals surface area (Å²) in [6.07, 6.45) is 7.45. The van der Waals surface area contributed by atoms with Crippen LogP contribution in [0.3, 0.4) is 0 Å². The lowest BCUT2D eigenvalue weighted by atomic mass is 10.2. The Morgan fingerprint density at radius 2 is 2.25 bits per heavy atom. The molecule has 0 saturated carbocycles. The van der Waals surface area contributed by atoms with Crippen LogP contribution in [-0.4, -0.2) is 6.54 Å². The summed E-state index contributed by atoms with van der Waals surface area (Å²) in [6.45, 7) is 0.907. The Kier molecular flexibility index (Phi) is 2.30. The average molecular weight is 110 g/mol. The lowest BCUT2D eigenvalue weighted by molar-refractivity contribution is 0.726. The van der Waals surface area contributed by atoms with E-state index in [4.69, 9.17) is 0 Å². The molecule has 0 aromatic carbocycles. The molecule has 0 aromatic rings. The topological polar surface area (TPSA) is 24.7 Å². The predicted molar refractivity (Wildman–Crippen MR) is 32.7 cm³/mol. The monoisotopic (exact) mass is 110 g/mol. The highest BCUT2D eigenvalue weighted by molar-refractivity contribution is 4.79. The minimum atomic E-state index is 0.907. The highest BCUT2D eigenvalue weighted by Gasteiger charge is 1.85. The Bertz CT molecular complexity index is 91.1. The van der Waals surface area contributed by atoms with Crippen LogP contribution in [0.25, 0.3) is 0 Å². The third-order valence-electron chi connectivity index (χ3n) is 1.13.